The highest BCUT2D eigenvalue weighted by molar-refractivity contribution is 6.05. The molecule has 0 aliphatic carbocycles. The van der Waals surface area contributed by atoms with Crippen LogP contribution in [0.25, 0.3) is 11.0 Å². The zero-order chi connectivity index (χ0) is 14.7. The Morgan fingerprint density at radius 1 is 1.24 bits per heavy atom. The van der Waals surface area contributed by atoms with Crippen LogP contribution in [0.3, 0.4) is 0 Å². The van der Waals surface area contributed by atoms with Gasteiger partial charge in [-0.2, -0.15) is 0 Å². The van der Waals surface area contributed by atoms with Gasteiger partial charge in [0, 0.05) is 24.3 Å². The lowest BCUT2D eigenvalue weighted by atomic mass is 10.1. The molecule has 2 aromatic heterocycles. The standard InChI is InChI=1S/C16H16N4O/c17-15(21)13-10-20-16-12(7-9-19-16)14(13)18-8-6-11-4-2-1-3-5-11/h1-5,7,9-10H,6,8H2,(H2,17,21)(H2,18,19,20). The molecular formula is C16H16N4O. The van der Waals surface area contributed by atoms with Crippen molar-refractivity contribution in [3.05, 3.63) is 59.9 Å². The smallest absolute Gasteiger partial charge is 0.252 e. The van der Waals surface area contributed by atoms with Crippen LogP contribution in [0.4, 0.5) is 5.69 Å². The maximum absolute atomic E-state index is 11.6. The minimum absolute atomic E-state index is 0.412. The van der Waals surface area contributed by atoms with Crippen molar-refractivity contribution in [1.82, 2.24) is 9.97 Å². The van der Waals surface area contributed by atoms with Crippen molar-refractivity contribution in [3.63, 3.8) is 0 Å². The molecule has 106 valence electrons. The predicted octanol–water partition coefficient (Wildman–Crippen LogP) is 2.32. The van der Waals surface area contributed by atoms with E-state index in [4.69, 9.17) is 5.73 Å². The lowest BCUT2D eigenvalue weighted by Gasteiger charge is -2.11. The molecule has 0 fully saturated rings. The number of fused-ring (bicyclic) bond motifs is 1. The van der Waals surface area contributed by atoms with Crippen molar-refractivity contribution >= 4 is 22.6 Å². The van der Waals surface area contributed by atoms with Gasteiger partial charge >= 0.3 is 0 Å². The predicted molar refractivity (Wildman–Crippen MR) is 83.2 cm³/mol. The second-order valence-corrected chi connectivity index (χ2v) is 4.81. The highest BCUT2D eigenvalue weighted by atomic mass is 16.1. The van der Waals surface area contributed by atoms with Gasteiger partial charge in [-0.1, -0.05) is 30.3 Å². The number of benzene rings is 1. The van der Waals surface area contributed by atoms with E-state index in [0.29, 0.717) is 12.1 Å². The highest BCUT2D eigenvalue weighted by Gasteiger charge is 2.13. The molecule has 0 aliphatic rings. The second-order valence-electron chi connectivity index (χ2n) is 4.81. The number of amides is 1. The van der Waals surface area contributed by atoms with Crippen LogP contribution in [0.15, 0.2) is 48.8 Å². The number of H-pyrrole nitrogens is 1. The third kappa shape index (κ3) is 2.72. The molecule has 1 amide bonds. The lowest BCUT2D eigenvalue weighted by Crippen LogP contribution is -2.16. The van der Waals surface area contributed by atoms with Crippen molar-refractivity contribution in [1.29, 1.82) is 0 Å². The number of nitrogens with one attached hydrogen (secondary N) is 2. The summed E-state index contributed by atoms with van der Waals surface area (Å²) in [6.45, 7) is 0.717. The van der Waals surface area contributed by atoms with Gasteiger partial charge < -0.3 is 16.0 Å². The van der Waals surface area contributed by atoms with E-state index < -0.39 is 5.91 Å². The molecule has 5 nitrogen and oxygen atoms in total. The third-order valence-electron chi connectivity index (χ3n) is 3.41. The van der Waals surface area contributed by atoms with Crippen molar-refractivity contribution < 1.29 is 4.79 Å². The van der Waals surface area contributed by atoms with Gasteiger partial charge in [-0.3, -0.25) is 4.79 Å². The molecule has 0 aliphatic heterocycles. The molecule has 3 aromatic rings. The van der Waals surface area contributed by atoms with Gasteiger partial charge in [0.25, 0.3) is 5.91 Å². The fraction of sp³-hybridized carbons (Fsp3) is 0.125. The molecule has 1 aromatic carbocycles. The molecular weight excluding hydrogens is 264 g/mol. The monoisotopic (exact) mass is 280 g/mol. The fourth-order valence-electron chi connectivity index (χ4n) is 2.36. The Morgan fingerprint density at radius 2 is 2.05 bits per heavy atom. The first-order chi connectivity index (χ1) is 10.3. The Morgan fingerprint density at radius 3 is 2.81 bits per heavy atom. The van der Waals surface area contributed by atoms with Crippen molar-refractivity contribution in [2.24, 2.45) is 5.73 Å². The number of hydrogen-bond acceptors (Lipinski definition) is 3. The molecule has 0 saturated heterocycles. The van der Waals surface area contributed by atoms with Gasteiger partial charge in [0.15, 0.2) is 0 Å². The number of hydrogen-bond donors (Lipinski definition) is 3. The summed E-state index contributed by atoms with van der Waals surface area (Å²) in [7, 11) is 0. The molecule has 21 heavy (non-hydrogen) atoms. The van der Waals surface area contributed by atoms with Crippen LogP contribution in [0.2, 0.25) is 0 Å². The van der Waals surface area contributed by atoms with Gasteiger partial charge in [0.1, 0.15) is 5.65 Å². The number of nitrogens with zero attached hydrogens (tertiary/aromatic N) is 1. The van der Waals surface area contributed by atoms with E-state index in [-0.39, 0.29) is 0 Å². The maximum atomic E-state index is 11.6. The number of aromatic amines is 1. The maximum Gasteiger partial charge on any atom is 0.252 e. The Balaban J connectivity index is 1.83. The van der Waals surface area contributed by atoms with Crippen LogP contribution in [-0.2, 0) is 6.42 Å². The molecule has 2 heterocycles. The van der Waals surface area contributed by atoms with Crippen molar-refractivity contribution in [2.75, 3.05) is 11.9 Å². The molecule has 0 saturated carbocycles. The number of anilines is 1. The largest absolute Gasteiger partial charge is 0.383 e. The minimum atomic E-state index is -0.479. The van der Waals surface area contributed by atoms with E-state index in [9.17, 15) is 4.79 Å². The number of carbonyl (C=O) groups is 1. The highest BCUT2D eigenvalue weighted by Crippen LogP contribution is 2.25. The number of aromatic nitrogens is 2. The van der Waals surface area contributed by atoms with Crippen LogP contribution in [0.5, 0.6) is 0 Å². The van der Waals surface area contributed by atoms with E-state index in [1.165, 1.54) is 11.8 Å². The van der Waals surface area contributed by atoms with Crippen LogP contribution in [0.1, 0.15) is 15.9 Å². The zero-order valence-corrected chi connectivity index (χ0v) is 11.5. The van der Waals surface area contributed by atoms with Crippen molar-refractivity contribution in [2.45, 2.75) is 6.42 Å². The summed E-state index contributed by atoms with van der Waals surface area (Å²) in [6.07, 6.45) is 4.17. The average Bonchev–Trinajstić information content (AvgIpc) is 2.97. The van der Waals surface area contributed by atoms with Crippen molar-refractivity contribution in [3.8, 4) is 0 Å². The first-order valence-electron chi connectivity index (χ1n) is 6.79. The number of primary amides is 1. The summed E-state index contributed by atoms with van der Waals surface area (Å²) in [6, 6.07) is 12.1. The van der Waals surface area contributed by atoms with Gasteiger partial charge in [0.05, 0.1) is 11.3 Å². The summed E-state index contributed by atoms with van der Waals surface area (Å²) in [4.78, 5) is 18.8. The normalized spacial score (nSPS) is 10.7. The van der Waals surface area contributed by atoms with E-state index in [1.807, 2.05) is 24.3 Å². The third-order valence-corrected chi connectivity index (χ3v) is 3.41. The number of carbonyl (C=O) groups excluding carboxylic acids is 1. The molecule has 4 N–H and O–H groups in total. The minimum Gasteiger partial charge on any atom is -0.383 e. The van der Waals surface area contributed by atoms with E-state index in [2.05, 4.69) is 27.4 Å². The van der Waals surface area contributed by atoms with Gasteiger partial charge in [-0.15, -0.1) is 0 Å². The quantitative estimate of drug-likeness (QED) is 0.670. The molecule has 5 heteroatoms. The molecule has 3 rings (SSSR count). The fourth-order valence-corrected chi connectivity index (χ4v) is 2.36. The SMILES string of the molecule is NC(=O)c1cnc2[nH]ccc2c1NCCc1ccccc1. The number of rotatable bonds is 5. The summed E-state index contributed by atoms with van der Waals surface area (Å²) in [5, 5.41) is 4.19. The zero-order valence-electron chi connectivity index (χ0n) is 11.5. The molecule has 0 radical (unpaired) electrons. The van der Waals surface area contributed by atoms with E-state index in [0.717, 1.165) is 23.1 Å². The topological polar surface area (TPSA) is 83.8 Å². The second kappa shape index (κ2) is 5.66. The number of pyridine rings is 1. The molecule has 0 unspecified atom stereocenters. The summed E-state index contributed by atoms with van der Waals surface area (Å²) >= 11 is 0. The Bertz CT molecular complexity index is 764. The Kier molecular flexibility index (Phi) is 3.55. The van der Waals surface area contributed by atoms with Gasteiger partial charge in [-0.05, 0) is 18.1 Å². The average molecular weight is 280 g/mol. The lowest BCUT2D eigenvalue weighted by molar-refractivity contribution is 0.100. The van der Waals surface area contributed by atoms with Crippen LogP contribution in [-0.4, -0.2) is 22.4 Å². The van der Waals surface area contributed by atoms with Gasteiger partial charge in [0.2, 0.25) is 0 Å². The van der Waals surface area contributed by atoms with Crippen LogP contribution in [0, 0.1) is 0 Å². The molecule has 0 atom stereocenters. The first kappa shape index (κ1) is 13.2. The summed E-state index contributed by atoms with van der Waals surface area (Å²) < 4.78 is 0. The van der Waals surface area contributed by atoms with E-state index >= 15 is 0 Å². The van der Waals surface area contributed by atoms with Crippen LogP contribution >= 0.6 is 0 Å². The Labute approximate surface area is 122 Å². The molecule has 0 spiro atoms. The van der Waals surface area contributed by atoms with Crippen LogP contribution < -0.4 is 11.1 Å². The summed E-state index contributed by atoms with van der Waals surface area (Å²) in [5.41, 5.74) is 8.56. The molecule has 0 bridgehead atoms. The Hall–Kier alpha value is -2.82. The van der Waals surface area contributed by atoms with E-state index in [1.54, 1.807) is 6.20 Å². The summed E-state index contributed by atoms with van der Waals surface area (Å²) in [5.74, 6) is -0.479. The number of nitrogens with two attached hydrogens (primary N) is 1. The first-order valence-corrected chi connectivity index (χ1v) is 6.79. The van der Waals surface area contributed by atoms with Gasteiger partial charge in [-0.25, -0.2) is 4.98 Å².